The number of fused-ring (bicyclic) bond motifs is 1. The van der Waals surface area contributed by atoms with E-state index in [1.54, 1.807) is 24.1 Å². The van der Waals surface area contributed by atoms with Crippen LogP contribution < -0.4 is 5.32 Å². The SMILES string of the molecule is C[C@@H](O)CNC(=O)N1CCC(C(C)(C)[C@H](O)c2cc(Cl)cc3cn[nH]c23)CC1. The van der Waals surface area contributed by atoms with Gasteiger partial charge in [-0.3, -0.25) is 5.10 Å². The smallest absolute Gasteiger partial charge is 0.317 e. The number of hydrogen-bond acceptors (Lipinski definition) is 4. The number of aromatic nitrogens is 2. The van der Waals surface area contributed by atoms with Gasteiger partial charge in [-0.05, 0) is 43.2 Å². The van der Waals surface area contributed by atoms with Gasteiger partial charge in [0.25, 0.3) is 0 Å². The number of hydrogen-bond donors (Lipinski definition) is 4. The van der Waals surface area contributed by atoms with Crippen LogP contribution in [0.25, 0.3) is 10.9 Å². The number of aliphatic hydroxyl groups is 2. The number of rotatable bonds is 5. The molecular weight excluding hydrogens is 380 g/mol. The Morgan fingerprint density at radius 2 is 2.07 bits per heavy atom. The van der Waals surface area contributed by atoms with Gasteiger partial charge in [0.05, 0.1) is 23.9 Å². The molecule has 1 aliphatic heterocycles. The molecular formula is C20H29ClN4O3. The van der Waals surface area contributed by atoms with Gasteiger partial charge in [-0.25, -0.2) is 4.79 Å². The van der Waals surface area contributed by atoms with Crippen molar-refractivity contribution < 1.29 is 15.0 Å². The molecule has 3 rings (SSSR count). The highest BCUT2D eigenvalue weighted by molar-refractivity contribution is 6.31. The average Bonchev–Trinajstić information content (AvgIpc) is 3.13. The van der Waals surface area contributed by atoms with Crippen LogP contribution in [0.5, 0.6) is 0 Å². The van der Waals surface area contributed by atoms with Crippen LogP contribution in [0.4, 0.5) is 4.79 Å². The molecule has 2 atom stereocenters. The molecule has 4 N–H and O–H groups in total. The number of aliphatic hydroxyl groups excluding tert-OH is 2. The van der Waals surface area contributed by atoms with Crippen LogP contribution in [-0.4, -0.2) is 57.1 Å². The standard InChI is InChI=1S/C20H29ClN4O3/c1-12(26)10-22-19(28)25-6-4-14(5-7-25)20(2,3)18(27)16-9-15(21)8-13-11-23-24-17(13)16/h8-9,11-12,14,18,26-27H,4-7,10H2,1-3H3,(H,22,28)(H,23,24)/t12-,18-/m1/s1. The number of carbonyl (C=O) groups is 1. The number of H-pyrrole nitrogens is 1. The lowest BCUT2D eigenvalue weighted by Gasteiger charge is -2.43. The van der Waals surface area contributed by atoms with Crippen molar-refractivity contribution in [2.45, 2.75) is 45.8 Å². The highest BCUT2D eigenvalue weighted by Gasteiger charge is 2.40. The lowest BCUT2D eigenvalue weighted by atomic mass is 9.68. The first-order valence-electron chi connectivity index (χ1n) is 9.71. The summed E-state index contributed by atoms with van der Waals surface area (Å²) in [5.74, 6) is 0.250. The fourth-order valence-electron chi connectivity index (χ4n) is 4.06. The highest BCUT2D eigenvalue weighted by atomic mass is 35.5. The van der Waals surface area contributed by atoms with Crippen molar-refractivity contribution in [1.82, 2.24) is 20.4 Å². The second kappa shape index (κ2) is 8.27. The summed E-state index contributed by atoms with van der Waals surface area (Å²) in [6.07, 6.45) is 2.04. The van der Waals surface area contributed by atoms with E-state index in [9.17, 15) is 15.0 Å². The minimum atomic E-state index is -0.713. The fraction of sp³-hybridized carbons (Fsp3) is 0.600. The van der Waals surface area contributed by atoms with E-state index in [1.165, 1.54) is 0 Å². The van der Waals surface area contributed by atoms with Gasteiger partial charge in [0.15, 0.2) is 0 Å². The first kappa shape index (κ1) is 20.9. The van der Waals surface area contributed by atoms with E-state index < -0.39 is 17.6 Å². The summed E-state index contributed by atoms with van der Waals surface area (Å²) in [6.45, 7) is 7.27. The molecule has 8 heteroatoms. The molecule has 1 aliphatic rings. The van der Waals surface area contributed by atoms with Gasteiger partial charge in [0.1, 0.15) is 0 Å². The van der Waals surface area contributed by atoms with Gasteiger partial charge in [0.2, 0.25) is 0 Å². The Balaban J connectivity index is 1.69. The number of piperidine rings is 1. The maximum atomic E-state index is 12.2. The predicted octanol–water partition coefficient (Wildman–Crippen LogP) is 3.08. The first-order chi connectivity index (χ1) is 13.2. The number of aromatic amines is 1. The number of likely N-dealkylation sites (tertiary alicyclic amines) is 1. The quantitative estimate of drug-likeness (QED) is 0.610. The Bertz CT molecular complexity index is 828. The van der Waals surface area contributed by atoms with E-state index >= 15 is 0 Å². The van der Waals surface area contributed by atoms with E-state index in [-0.39, 0.29) is 18.5 Å². The Labute approximate surface area is 170 Å². The minimum Gasteiger partial charge on any atom is -0.392 e. The summed E-state index contributed by atoms with van der Waals surface area (Å²) < 4.78 is 0. The lowest BCUT2D eigenvalue weighted by molar-refractivity contribution is -0.0144. The fourth-order valence-corrected chi connectivity index (χ4v) is 4.30. The van der Waals surface area contributed by atoms with E-state index in [1.807, 2.05) is 6.07 Å². The third-order valence-corrected chi connectivity index (χ3v) is 6.14. The number of nitrogens with one attached hydrogen (secondary N) is 2. The predicted molar refractivity (Wildman–Crippen MR) is 109 cm³/mol. The van der Waals surface area contributed by atoms with Crippen molar-refractivity contribution in [2.75, 3.05) is 19.6 Å². The molecule has 1 fully saturated rings. The molecule has 2 amide bonds. The molecule has 7 nitrogen and oxygen atoms in total. The van der Waals surface area contributed by atoms with Crippen LogP contribution in [-0.2, 0) is 0 Å². The molecule has 0 unspecified atom stereocenters. The van der Waals surface area contributed by atoms with Crippen LogP contribution in [0.3, 0.4) is 0 Å². The minimum absolute atomic E-state index is 0.147. The van der Waals surface area contributed by atoms with Gasteiger partial charge in [-0.1, -0.05) is 25.4 Å². The maximum Gasteiger partial charge on any atom is 0.317 e. The molecule has 0 radical (unpaired) electrons. The second-order valence-corrected chi connectivity index (χ2v) is 8.79. The molecule has 154 valence electrons. The summed E-state index contributed by atoms with van der Waals surface area (Å²) in [7, 11) is 0. The van der Waals surface area contributed by atoms with Gasteiger partial charge in [-0.2, -0.15) is 5.10 Å². The normalized spacial score (nSPS) is 18.3. The molecule has 0 aliphatic carbocycles. The van der Waals surface area contributed by atoms with Gasteiger partial charge >= 0.3 is 6.03 Å². The van der Waals surface area contributed by atoms with Gasteiger partial charge in [0, 0.05) is 35.6 Å². The number of halogens is 1. The molecule has 1 saturated heterocycles. The van der Waals surface area contributed by atoms with Crippen LogP contribution in [0.1, 0.15) is 45.3 Å². The topological polar surface area (TPSA) is 101 Å². The van der Waals surface area contributed by atoms with Crippen LogP contribution in [0.2, 0.25) is 5.02 Å². The highest BCUT2D eigenvalue weighted by Crippen LogP contribution is 2.46. The number of carbonyl (C=O) groups excluding carboxylic acids is 1. The van der Waals surface area contributed by atoms with E-state index in [0.717, 1.165) is 29.3 Å². The van der Waals surface area contributed by atoms with E-state index in [0.29, 0.717) is 18.1 Å². The number of nitrogens with zero attached hydrogens (tertiary/aromatic N) is 2. The summed E-state index contributed by atoms with van der Waals surface area (Å²) >= 11 is 6.24. The molecule has 28 heavy (non-hydrogen) atoms. The van der Waals surface area contributed by atoms with Crippen LogP contribution in [0.15, 0.2) is 18.3 Å². The van der Waals surface area contributed by atoms with E-state index in [2.05, 4.69) is 29.4 Å². The number of urea groups is 1. The zero-order valence-corrected chi connectivity index (χ0v) is 17.3. The molecule has 0 bridgehead atoms. The average molecular weight is 409 g/mol. The summed E-state index contributed by atoms with van der Waals surface area (Å²) in [6, 6.07) is 3.48. The molecule has 0 saturated carbocycles. The third kappa shape index (κ3) is 4.26. The van der Waals surface area contributed by atoms with Gasteiger partial charge < -0.3 is 20.4 Å². The molecule has 1 aromatic carbocycles. The third-order valence-electron chi connectivity index (χ3n) is 5.93. The van der Waals surface area contributed by atoms with Crippen molar-refractivity contribution in [2.24, 2.45) is 11.3 Å². The molecule has 0 spiro atoms. The monoisotopic (exact) mass is 408 g/mol. The van der Waals surface area contributed by atoms with Crippen molar-refractivity contribution in [1.29, 1.82) is 0 Å². The van der Waals surface area contributed by atoms with Crippen LogP contribution in [0, 0.1) is 11.3 Å². The molecule has 1 aromatic heterocycles. The zero-order chi connectivity index (χ0) is 20.5. The zero-order valence-electron chi connectivity index (χ0n) is 16.6. The molecule has 2 heterocycles. The Morgan fingerprint density at radius 3 is 2.71 bits per heavy atom. The summed E-state index contributed by atoms with van der Waals surface area (Å²) in [5, 5.41) is 31.8. The van der Waals surface area contributed by atoms with Crippen molar-refractivity contribution in [3.8, 4) is 0 Å². The van der Waals surface area contributed by atoms with Crippen molar-refractivity contribution in [3.63, 3.8) is 0 Å². The van der Waals surface area contributed by atoms with Crippen molar-refractivity contribution >= 4 is 28.5 Å². The Hall–Kier alpha value is -1.83. The summed E-state index contributed by atoms with van der Waals surface area (Å²) in [5.41, 5.74) is 1.16. The van der Waals surface area contributed by atoms with E-state index in [4.69, 9.17) is 11.6 Å². The first-order valence-corrected chi connectivity index (χ1v) is 10.1. The second-order valence-electron chi connectivity index (χ2n) is 8.35. The van der Waals surface area contributed by atoms with Crippen molar-refractivity contribution in [3.05, 3.63) is 28.9 Å². The maximum absolute atomic E-state index is 12.2. The largest absolute Gasteiger partial charge is 0.392 e. The van der Waals surface area contributed by atoms with Crippen LogP contribution >= 0.6 is 11.6 Å². The van der Waals surface area contributed by atoms with Gasteiger partial charge in [-0.15, -0.1) is 0 Å². The lowest BCUT2D eigenvalue weighted by Crippen LogP contribution is -2.48. The Morgan fingerprint density at radius 1 is 1.39 bits per heavy atom. The number of amides is 2. The number of benzene rings is 1. The molecule has 2 aromatic rings. The summed E-state index contributed by atoms with van der Waals surface area (Å²) in [4.78, 5) is 14.0. The Kier molecular flexibility index (Phi) is 6.17.